The van der Waals surface area contributed by atoms with E-state index in [1.807, 2.05) is 24.3 Å². The first-order valence-corrected chi connectivity index (χ1v) is 12.6. The Labute approximate surface area is 217 Å². The number of fused-ring (bicyclic) bond motifs is 3. The van der Waals surface area contributed by atoms with Crippen molar-refractivity contribution in [1.82, 2.24) is 25.1 Å². The molecule has 0 unspecified atom stereocenters. The zero-order valence-corrected chi connectivity index (χ0v) is 20.4. The van der Waals surface area contributed by atoms with Crippen molar-refractivity contribution in [1.29, 1.82) is 0 Å². The third-order valence-electron chi connectivity index (χ3n) is 8.41. The number of halogens is 1. The molecule has 4 heterocycles. The summed E-state index contributed by atoms with van der Waals surface area (Å²) >= 11 is 0. The van der Waals surface area contributed by atoms with Crippen LogP contribution in [0.5, 0.6) is 0 Å². The number of hydrogen-bond donors (Lipinski definition) is 3. The fourth-order valence-corrected chi connectivity index (χ4v) is 6.55. The molecule has 3 aromatic heterocycles. The van der Waals surface area contributed by atoms with Gasteiger partial charge in [0.2, 0.25) is 0 Å². The highest BCUT2D eigenvalue weighted by atomic mass is 19.1. The maximum absolute atomic E-state index is 14.7. The van der Waals surface area contributed by atoms with Crippen LogP contribution in [0.25, 0.3) is 33.3 Å². The molecule has 38 heavy (non-hydrogen) atoms. The molecule has 0 radical (unpaired) electrons. The predicted octanol–water partition coefficient (Wildman–Crippen LogP) is 3.16. The van der Waals surface area contributed by atoms with Crippen molar-refractivity contribution in [2.24, 2.45) is 23.3 Å². The normalized spacial score (nSPS) is 22.5. The van der Waals surface area contributed by atoms with Gasteiger partial charge in [0, 0.05) is 42.2 Å². The quantitative estimate of drug-likeness (QED) is 0.331. The summed E-state index contributed by atoms with van der Waals surface area (Å²) in [5.41, 5.74) is 15.7. The Morgan fingerprint density at radius 3 is 2.79 bits per heavy atom. The van der Waals surface area contributed by atoms with Crippen LogP contribution in [-0.2, 0) is 5.41 Å². The number of amides is 1. The van der Waals surface area contributed by atoms with Crippen LogP contribution in [-0.4, -0.2) is 50.7 Å². The summed E-state index contributed by atoms with van der Waals surface area (Å²) in [6, 6.07) is 14.1. The van der Waals surface area contributed by atoms with E-state index in [1.165, 1.54) is 6.07 Å². The molecular weight excluding hydrogens is 483 g/mol. The number of anilines is 1. The van der Waals surface area contributed by atoms with Gasteiger partial charge in [-0.25, -0.2) is 14.4 Å². The van der Waals surface area contributed by atoms with E-state index < -0.39 is 5.91 Å². The number of nitrogens with zero attached hydrogens (tertiary/aromatic N) is 5. The molecule has 5 N–H and O–H groups in total. The Morgan fingerprint density at radius 2 is 1.97 bits per heavy atom. The molecule has 2 aliphatic rings. The maximum Gasteiger partial charge on any atom is 0.250 e. The average molecular weight is 509 g/mol. The van der Waals surface area contributed by atoms with Crippen molar-refractivity contribution in [3.63, 3.8) is 0 Å². The minimum absolute atomic E-state index is 0.184. The molecule has 1 saturated heterocycles. The number of H-pyrrole nitrogens is 1. The Balaban J connectivity index is 1.21. The topological polar surface area (TPSA) is 140 Å². The van der Waals surface area contributed by atoms with E-state index in [4.69, 9.17) is 21.4 Å². The number of hydrogen-bond acceptors (Lipinski definition) is 7. The standard InChI is InChI=1S/C28H25FN8O/c29-21-6-2-1-5-19(21)28(14-30)18-9-11-37(13-20(18)28)22-12-33-25-24(35-36-27(25)34-22)16-7-8-17(26(31)38)23-15(16)4-3-10-32-23/h1-8,10,12,18,20H,9,11,13-14,30H2,(H2,31,38)(H,34,35,36)/t18-,20+,28-/m1/s1. The highest BCUT2D eigenvalue weighted by Gasteiger charge is 2.66. The molecule has 7 rings (SSSR count). The molecule has 0 spiro atoms. The first-order valence-electron chi connectivity index (χ1n) is 12.6. The zero-order valence-electron chi connectivity index (χ0n) is 20.4. The van der Waals surface area contributed by atoms with Crippen LogP contribution in [0.1, 0.15) is 22.3 Å². The molecule has 1 aliphatic carbocycles. The molecule has 1 amide bonds. The lowest BCUT2D eigenvalue weighted by atomic mass is 9.91. The Bertz CT molecular complexity index is 1740. The van der Waals surface area contributed by atoms with Crippen LogP contribution >= 0.6 is 0 Å². The van der Waals surface area contributed by atoms with Gasteiger partial charge in [-0.1, -0.05) is 30.3 Å². The minimum atomic E-state index is -0.537. The van der Waals surface area contributed by atoms with Crippen molar-refractivity contribution < 1.29 is 9.18 Å². The van der Waals surface area contributed by atoms with Crippen LogP contribution in [0, 0.1) is 17.7 Å². The maximum atomic E-state index is 14.7. The van der Waals surface area contributed by atoms with Gasteiger partial charge < -0.3 is 16.4 Å². The van der Waals surface area contributed by atoms with E-state index in [0.29, 0.717) is 40.4 Å². The molecule has 9 nitrogen and oxygen atoms in total. The van der Waals surface area contributed by atoms with E-state index in [9.17, 15) is 9.18 Å². The summed E-state index contributed by atoms with van der Waals surface area (Å²) in [6.45, 7) is 1.95. The fraction of sp³-hybridized carbons (Fsp3) is 0.250. The van der Waals surface area contributed by atoms with E-state index in [0.717, 1.165) is 41.8 Å². The summed E-state index contributed by atoms with van der Waals surface area (Å²) in [5.74, 6) is 0.645. The van der Waals surface area contributed by atoms with Gasteiger partial charge in [0.15, 0.2) is 5.65 Å². The highest BCUT2D eigenvalue weighted by molar-refractivity contribution is 6.10. The number of piperidine rings is 1. The van der Waals surface area contributed by atoms with Crippen molar-refractivity contribution in [2.75, 3.05) is 24.5 Å². The van der Waals surface area contributed by atoms with Crippen LogP contribution in [0.4, 0.5) is 10.2 Å². The largest absolute Gasteiger partial charge is 0.366 e. The lowest BCUT2D eigenvalue weighted by Gasteiger charge is -2.26. The first-order chi connectivity index (χ1) is 18.5. The van der Waals surface area contributed by atoms with Crippen LogP contribution < -0.4 is 16.4 Å². The van der Waals surface area contributed by atoms with Gasteiger partial charge >= 0.3 is 0 Å². The highest BCUT2D eigenvalue weighted by Crippen LogP contribution is 2.63. The van der Waals surface area contributed by atoms with Gasteiger partial charge in [-0.3, -0.25) is 14.9 Å². The molecule has 190 valence electrons. The molecule has 0 bridgehead atoms. The number of pyridine rings is 1. The Morgan fingerprint density at radius 1 is 1.11 bits per heavy atom. The summed E-state index contributed by atoms with van der Waals surface area (Å²) < 4.78 is 14.7. The number of benzene rings is 2. The van der Waals surface area contributed by atoms with Gasteiger partial charge in [-0.15, -0.1) is 0 Å². The smallest absolute Gasteiger partial charge is 0.250 e. The van der Waals surface area contributed by atoms with Gasteiger partial charge in [0.1, 0.15) is 22.8 Å². The number of carbonyl (C=O) groups excluding carboxylic acids is 1. The number of nitrogens with two attached hydrogens (primary N) is 2. The van der Waals surface area contributed by atoms with Crippen molar-refractivity contribution in [3.05, 3.63) is 77.9 Å². The fourth-order valence-electron chi connectivity index (χ4n) is 6.55. The first kappa shape index (κ1) is 22.7. The second-order valence-corrected chi connectivity index (χ2v) is 10.1. The van der Waals surface area contributed by atoms with Crippen molar-refractivity contribution in [2.45, 2.75) is 11.8 Å². The predicted molar refractivity (Wildman–Crippen MR) is 142 cm³/mol. The minimum Gasteiger partial charge on any atom is -0.366 e. The van der Waals surface area contributed by atoms with E-state index in [2.05, 4.69) is 20.1 Å². The molecular formula is C28H25FN8O. The molecule has 1 saturated carbocycles. The number of primary amides is 1. The molecule has 2 aromatic carbocycles. The number of aromatic amines is 1. The monoisotopic (exact) mass is 508 g/mol. The summed E-state index contributed by atoms with van der Waals surface area (Å²) in [7, 11) is 0. The lowest BCUT2D eigenvalue weighted by Crippen LogP contribution is -2.32. The molecule has 1 aliphatic heterocycles. The van der Waals surface area contributed by atoms with E-state index >= 15 is 0 Å². The zero-order chi connectivity index (χ0) is 26.0. The van der Waals surface area contributed by atoms with Crippen molar-refractivity contribution >= 4 is 33.8 Å². The number of aromatic nitrogens is 5. The number of rotatable bonds is 5. The van der Waals surface area contributed by atoms with E-state index in [1.54, 1.807) is 30.6 Å². The van der Waals surface area contributed by atoms with Crippen LogP contribution in [0.3, 0.4) is 0 Å². The SMILES string of the molecule is NC[C@]1(c2ccccc2F)[C@@H]2CCN(c3cnc4c(-c5ccc(C(N)=O)c6ncccc56)n[nH]c4n3)C[C@@H]21. The third kappa shape index (κ3) is 3.16. The van der Waals surface area contributed by atoms with Gasteiger partial charge in [-0.05, 0) is 42.0 Å². The molecule has 3 atom stereocenters. The lowest BCUT2D eigenvalue weighted by molar-refractivity contribution is 0.100. The molecule has 10 heteroatoms. The summed E-state index contributed by atoms with van der Waals surface area (Å²) in [5, 5.41) is 8.29. The second-order valence-electron chi connectivity index (χ2n) is 10.1. The second kappa shape index (κ2) is 8.29. The van der Waals surface area contributed by atoms with Crippen molar-refractivity contribution in [3.8, 4) is 11.3 Å². The Hall–Kier alpha value is -4.44. The van der Waals surface area contributed by atoms with Gasteiger partial charge in [0.25, 0.3) is 5.91 Å². The summed E-state index contributed by atoms with van der Waals surface area (Å²) in [4.78, 5) is 28.0. The average Bonchev–Trinajstić information content (AvgIpc) is 3.41. The Kier molecular flexibility index (Phi) is 4.96. The number of carbonyl (C=O) groups is 1. The third-order valence-corrected chi connectivity index (χ3v) is 8.41. The molecule has 5 aromatic rings. The summed E-state index contributed by atoms with van der Waals surface area (Å²) in [6.07, 6.45) is 4.30. The van der Waals surface area contributed by atoms with Gasteiger partial charge in [-0.2, -0.15) is 5.10 Å². The van der Waals surface area contributed by atoms with Crippen LogP contribution in [0.2, 0.25) is 0 Å². The molecule has 2 fully saturated rings. The number of nitrogens with one attached hydrogen (secondary N) is 1. The van der Waals surface area contributed by atoms with E-state index in [-0.39, 0.29) is 17.2 Å². The van der Waals surface area contributed by atoms with Gasteiger partial charge in [0.05, 0.1) is 17.3 Å². The van der Waals surface area contributed by atoms with Crippen LogP contribution in [0.15, 0.2) is 60.9 Å².